The molecule has 6 aromatic rings. The summed E-state index contributed by atoms with van der Waals surface area (Å²) in [6.07, 6.45) is 7.32. The average molecular weight is 891 g/mol. The molecule has 0 fully saturated rings. The molecule has 3 aliphatic carbocycles. The summed E-state index contributed by atoms with van der Waals surface area (Å²) in [6, 6.07) is 33.2. The molecule has 342 valence electrons. The van der Waals surface area contributed by atoms with Gasteiger partial charge in [-0.3, -0.25) is 0 Å². The van der Waals surface area contributed by atoms with E-state index in [9.17, 15) is 0 Å². The first-order valence-electron chi connectivity index (χ1n) is 25.6. The summed E-state index contributed by atoms with van der Waals surface area (Å²) in [5, 5.41) is 2.87. The Morgan fingerprint density at radius 3 is 1.58 bits per heavy atom. The standard InChI is InChI=1S/C62H75BN2S/c1-36-17-18-37(2)43-33-53-44(32-42(36)43)54-56(66-53)65(41-23-24-45-46(31-41)60(11,12)26-25-59(45,9)10)52-30-39(58(6,7)8)29-51-55(52)63(54)49-34-47-48(62(15,16)28-27-61(47,13)14)35-50(49)64(51)40-21-19-38(20-22-40)57(3,4)5/h19-24,29-37H,17-18,25-28H2,1-16H3. The number of hydrogen-bond acceptors (Lipinski definition) is 3. The van der Waals surface area contributed by atoms with Crippen molar-refractivity contribution in [1.82, 2.24) is 0 Å². The van der Waals surface area contributed by atoms with E-state index >= 15 is 0 Å². The monoisotopic (exact) mass is 891 g/mol. The van der Waals surface area contributed by atoms with Crippen molar-refractivity contribution in [3.63, 3.8) is 0 Å². The fourth-order valence-corrected chi connectivity index (χ4v) is 14.4. The van der Waals surface area contributed by atoms with Crippen LogP contribution >= 0.6 is 11.3 Å². The van der Waals surface area contributed by atoms with E-state index in [1.807, 2.05) is 0 Å². The molecule has 0 radical (unpaired) electrons. The minimum absolute atomic E-state index is 0.0630. The zero-order valence-corrected chi connectivity index (χ0v) is 44.1. The molecular weight excluding hydrogens is 816 g/mol. The predicted molar refractivity (Wildman–Crippen MR) is 290 cm³/mol. The Hall–Kier alpha value is -4.28. The highest BCUT2D eigenvalue weighted by Crippen LogP contribution is 2.55. The fourth-order valence-electron chi connectivity index (χ4n) is 13.1. The van der Waals surface area contributed by atoms with E-state index in [4.69, 9.17) is 0 Å². The number of anilines is 6. The third-order valence-corrected chi connectivity index (χ3v) is 19.1. The third-order valence-electron chi connectivity index (χ3n) is 17.9. The number of hydrogen-bond donors (Lipinski definition) is 0. The van der Waals surface area contributed by atoms with Crippen molar-refractivity contribution in [1.29, 1.82) is 0 Å². The van der Waals surface area contributed by atoms with Gasteiger partial charge in [-0.2, -0.15) is 0 Å². The van der Waals surface area contributed by atoms with Gasteiger partial charge in [-0.05, 0) is 198 Å². The first-order valence-corrected chi connectivity index (χ1v) is 26.4. The Bertz CT molecular complexity index is 3000. The second-order valence-corrected chi connectivity index (χ2v) is 27.5. The maximum absolute atomic E-state index is 2.76. The summed E-state index contributed by atoms with van der Waals surface area (Å²) < 4.78 is 1.44. The second kappa shape index (κ2) is 14.2. The molecule has 0 N–H and O–H groups in total. The molecule has 66 heavy (non-hydrogen) atoms. The van der Waals surface area contributed by atoms with Gasteiger partial charge in [-0.15, -0.1) is 11.3 Å². The van der Waals surface area contributed by atoms with Gasteiger partial charge in [0, 0.05) is 33.1 Å². The van der Waals surface area contributed by atoms with E-state index in [2.05, 4.69) is 211 Å². The molecule has 0 amide bonds. The quantitative estimate of drug-likeness (QED) is 0.160. The number of benzene rings is 5. The first-order chi connectivity index (χ1) is 30.8. The van der Waals surface area contributed by atoms with Crippen LogP contribution in [-0.4, -0.2) is 6.71 Å². The lowest BCUT2D eigenvalue weighted by Crippen LogP contribution is -2.61. The number of rotatable bonds is 2. The van der Waals surface area contributed by atoms with Crippen LogP contribution in [0.25, 0.3) is 10.1 Å². The highest BCUT2D eigenvalue weighted by atomic mass is 32.1. The van der Waals surface area contributed by atoms with Crippen molar-refractivity contribution in [2.24, 2.45) is 0 Å². The summed E-state index contributed by atoms with van der Waals surface area (Å²) in [6.45, 7) is 39.2. The zero-order chi connectivity index (χ0) is 47.0. The predicted octanol–water partition coefficient (Wildman–Crippen LogP) is 16.3. The molecule has 3 heterocycles. The molecule has 2 atom stereocenters. The molecule has 2 nitrogen and oxygen atoms in total. The van der Waals surface area contributed by atoms with Crippen molar-refractivity contribution >= 4 is 78.0 Å². The SMILES string of the molecule is CC1CCC(C)c2cc3c4c(sc3cc21)N(c1ccc2c(c1)C(C)(C)CCC2(C)C)c1cc(C(C)(C)C)cc2c1B4c1cc3c(cc1N2c1ccc(C(C)(C)C)cc1)C(C)(C)CCC3(C)C. The van der Waals surface area contributed by atoms with Crippen LogP contribution in [0.3, 0.4) is 0 Å². The second-order valence-electron chi connectivity index (χ2n) is 26.5. The molecule has 2 unspecified atom stereocenters. The van der Waals surface area contributed by atoms with Gasteiger partial charge in [0.15, 0.2) is 0 Å². The van der Waals surface area contributed by atoms with Gasteiger partial charge < -0.3 is 9.80 Å². The average Bonchev–Trinajstić information content (AvgIpc) is 3.61. The fraction of sp³-hybridized carbons (Fsp3) is 0.484. The van der Waals surface area contributed by atoms with Crippen LogP contribution in [0, 0.1) is 0 Å². The zero-order valence-electron chi connectivity index (χ0n) is 43.3. The molecule has 4 heteroatoms. The van der Waals surface area contributed by atoms with E-state index in [0.29, 0.717) is 11.8 Å². The maximum Gasteiger partial charge on any atom is 0.254 e. The summed E-state index contributed by atoms with van der Waals surface area (Å²) in [5.41, 5.74) is 23.4. The van der Waals surface area contributed by atoms with Crippen LogP contribution in [0.15, 0.2) is 78.9 Å². The van der Waals surface area contributed by atoms with Gasteiger partial charge in [0.05, 0.1) is 5.00 Å². The molecule has 5 aliphatic rings. The van der Waals surface area contributed by atoms with Crippen LogP contribution < -0.4 is 26.2 Å². The molecule has 0 bridgehead atoms. The van der Waals surface area contributed by atoms with Gasteiger partial charge >= 0.3 is 0 Å². The molecule has 1 aromatic heterocycles. The summed E-state index contributed by atoms with van der Waals surface area (Å²) >= 11 is 2.06. The van der Waals surface area contributed by atoms with Crippen molar-refractivity contribution in [3.8, 4) is 0 Å². The van der Waals surface area contributed by atoms with Crippen LogP contribution in [-0.2, 0) is 32.5 Å². The highest BCUT2D eigenvalue weighted by Gasteiger charge is 2.49. The minimum atomic E-state index is -0.0791. The van der Waals surface area contributed by atoms with E-state index < -0.39 is 0 Å². The smallest absolute Gasteiger partial charge is 0.254 e. The van der Waals surface area contributed by atoms with Crippen LogP contribution in [0.5, 0.6) is 0 Å². The lowest BCUT2D eigenvalue weighted by Gasteiger charge is -2.47. The molecular formula is C62H75BN2S. The van der Waals surface area contributed by atoms with Crippen molar-refractivity contribution in [2.75, 3.05) is 9.80 Å². The third kappa shape index (κ3) is 6.52. The lowest BCUT2D eigenvalue weighted by molar-refractivity contribution is 0.332. The Morgan fingerprint density at radius 1 is 0.500 bits per heavy atom. The number of fused-ring (bicyclic) bond motifs is 9. The Balaban J connectivity index is 1.30. The highest BCUT2D eigenvalue weighted by molar-refractivity contribution is 7.26. The van der Waals surface area contributed by atoms with Gasteiger partial charge in [-0.1, -0.05) is 141 Å². The van der Waals surface area contributed by atoms with Gasteiger partial charge in [0.25, 0.3) is 6.71 Å². The molecule has 5 aromatic carbocycles. The van der Waals surface area contributed by atoms with Crippen molar-refractivity contribution in [2.45, 2.75) is 194 Å². The Morgan fingerprint density at radius 2 is 1.00 bits per heavy atom. The Kier molecular flexibility index (Phi) is 9.49. The lowest BCUT2D eigenvalue weighted by atomic mass is 9.33. The minimum Gasteiger partial charge on any atom is -0.311 e. The molecule has 2 aliphatic heterocycles. The van der Waals surface area contributed by atoms with E-state index in [1.54, 1.807) is 16.7 Å². The van der Waals surface area contributed by atoms with Crippen molar-refractivity contribution < 1.29 is 0 Å². The summed E-state index contributed by atoms with van der Waals surface area (Å²) in [4.78, 5) is 5.46. The van der Waals surface area contributed by atoms with Crippen molar-refractivity contribution in [3.05, 3.63) is 123 Å². The van der Waals surface area contributed by atoms with Crippen LogP contribution in [0.4, 0.5) is 33.4 Å². The van der Waals surface area contributed by atoms with E-state index in [0.717, 1.165) is 0 Å². The topological polar surface area (TPSA) is 6.48 Å². The van der Waals surface area contributed by atoms with Gasteiger partial charge in [0.2, 0.25) is 0 Å². The van der Waals surface area contributed by atoms with Gasteiger partial charge in [-0.25, -0.2) is 0 Å². The van der Waals surface area contributed by atoms with E-state index in [1.165, 1.54) is 126 Å². The maximum atomic E-state index is 2.76. The molecule has 11 rings (SSSR count). The molecule has 0 saturated carbocycles. The van der Waals surface area contributed by atoms with Crippen LogP contribution in [0.2, 0.25) is 0 Å². The molecule has 0 saturated heterocycles. The summed E-state index contributed by atoms with van der Waals surface area (Å²) in [5.74, 6) is 1.13. The summed E-state index contributed by atoms with van der Waals surface area (Å²) in [7, 11) is 0. The largest absolute Gasteiger partial charge is 0.311 e. The normalized spacial score (nSPS) is 22.0. The van der Waals surface area contributed by atoms with E-state index in [-0.39, 0.29) is 39.2 Å². The number of thiophene rings is 1. The molecule has 0 spiro atoms. The number of nitrogens with zero attached hydrogens (tertiary/aromatic N) is 2. The first kappa shape index (κ1) is 44.2. The van der Waals surface area contributed by atoms with Crippen LogP contribution in [0.1, 0.15) is 206 Å². The Labute approximate surface area is 402 Å². The van der Waals surface area contributed by atoms with Gasteiger partial charge in [0.1, 0.15) is 0 Å².